The van der Waals surface area contributed by atoms with E-state index < -0.39 is 0 Å². The normalized spacial score (nSPS) is 8.50. The van der Waals surface area contributed by atoms with E-state index >= 15 is 0 Å². The molecule has 0 bridgehead atoms. The summed E-state index contributed by atoms with van der Waals surface area (Å²) in [6.45, 7) is 2.16. The molecule has 0 radical (unpaired) electrons. The first-order valence-corrected chi connectivity index (χ1v) is 3.88. The lowest BCUT2D eigenvalue weighted by Gasteiger charge is -1.86. The van der Waals surface area contributed by atoms with Crippen molar-refractivity contribution in [3.8, 4) is 0 Å². The minimum absolute atomic E-state index is 0.523. The Kier molecular flexibility index (Phi) is 4.91. The van der Waals surface area contributed by atoms with Crippen molar-refractivity contribution in [3.05, 3.63) is 0 Å². The van der Waals surface area contributed by atoms with Crippen molar-refractivity contribution in [3.63, 3.8) is 0 Å². The molecule has 0 rings (SSSR count). The zero-order chi connectivity index (χ0) is 4.99. The Morgan fingerprint density at radius 3 is 2.00 bits per heavy atom. The third-order valence-corrected chi connectivity index (χ3v) is 1.42. The second kappa shape index (κ2) is 4.19. The Hall–Kier alpha value is 1.02. The molecule has 0 nitrogen and oxygen atoms in total. The van der Waals surface area contributed by atoms with Crippen LogP contribution in [-0.4, -0.2) is 4.36 Å². The Balaban J connectivity index is 2.63. The van der Waals surface area contributed by atoms with E-state index in [2.05, 4.69) is 38.4 Å². The largest absolute Gasteiger partial charge is 0.298 e. The summed E-state index contributed by atoms with van der Waals surface area (Å²) >= 11 is 6.70. The maximum atomic E-state index is 3.35. The minimum Gasteiger partial charge on any atom is -0.139 e. The molecule has 0 saturated carbocycles. The fourth-order valence-corrected chi connectivity index (χ4v) is 1.13. The molecule has 3 heteroatoms. The molecule has 6 heavy (non-hydrogen) atoms. The first kappa shape index (κ1) is 7.02. The van der Waals surface area contributed by atoms with Gasteiger partial charge in [-0.1, -0.05) is 19.7 Å². The molecule has 0 unspecified atom stereocenters. The van der Waals surface area contributed by atoms with Crippen LogP contribution >= 0.6 is 31.5 Å². The second-order valence-electron chi connectivity index (χ2n) is 1.18. The van der Waals surface area contributed by atoms with E-state index in [1.165, 1.54) is 12.7 Å². The van der Waals surface area contributed by atoms with Crippen molar-refractivity contribution < 1.29 is 0 Å². The van der Waals surface area contributed by atoms with E-state index in [-0.39, 0.29) is 0 Å². The molecule has 0 aliphatic carbocycles. The van der Waals surface area contributed by atoms with Crippen molar-refractivity contribution >= 4 is 35.9 Å². The molecule has 0 atom stereocenters. The molecular formula is C3H7BBr2. The topological polar surface area (TPSA) is 0 Å². The molecule has 0 amide bonds. The van der Waals surface area contributed by atoms with Crippen LogP contribution < -0.4 is 0 Å². The van der Waals surface area contributed by atoms with Gasteiger partial charge in [0, 0.05) is 0 Å². The summed E-state index contributed by atoms with van der Waals surface area (Å²) < 4.78 is 0.523. The summed E-state index contributed by atoms with van der Waals surface area (Å²) in [6.07, 6.45) is 2.45. The summed E-state index contributed by atoms with van der Waals surface area (Å²) in [6, 6.07) is 0. The molecule has 0 aliphatic rings. The van der Waals surface area contributed by atoms with Crippen LogP contribution in [0, 0.1) is 0 Å². The molecule has 0 spiro atoms. The zero-order valence-corrected chi connectivity index (χ0v) is 6.92. The summed E-state index contributed by atoms with van der Waals surface area (Å²) in [5.41, 5.74) is 0. The maximum absolute atomic E-state index is 3.35. The average Bonchev–Trinajstić information content (AvgIpc) is 1.35. The SMILES string of the molecule is CCCB(Br)Br. The highest BCUT2D eigenvalue weighted by Gasteiger charge is 1.97. The highest BCUT2D eigenvalue weighted by molar-refractivity contribution is 9.49. The van der Waals surface area contributed by atoms with Crippen LogP contribution in [0.2, 0.25) is 6.32 Å². The highest BCUT2D eigenvalue weighted by Crippen LogP contribution is 2.09. The number of hydrogen-bond donors (Lipinski definition) is 0. The van der Waals surface area contributed by atoms with Crippen molar-refractivity contribution in [2.45, 2.75) is 19.7 Å². The predicted octanol–water partition coefficient (Wildman–Crippen LogP) is 2.67. The highest BCUT2D eigenvalue weighted by atomic mass is 79.9. The third kappa shape index (κ3) is 5.02. The van der Waals surface area contributed by atoms with Crippen LogP contribution in [0.4, 0.5) is 0 Å². The minimum atomic E-state index is 0.523. The lowest BCUT2D eigenvalue weighted by atomic mass is 10.0. The second-order valence-corrected chi connectivity index (χ2v) is 4.62. The van der Waals surface area contributed by atoms with Crippen LogP contribution in [-0.2, 0) is 0 Å². The van der Waals surface area contributed by atoms with Gasteiger partial charge in [-0.2, -0.15) is 0 Å². The quantitative estimate of drug-likeness (QED) is 0.619. The summed E-state index contributed by atoms with van der Waals surface area (Å²) in [5, 5.41) is 0. The Morgan fingerprint density at radius 2 is 2.00 bits per heavy atom. The molecule has 0 heterocycles. The predicted molar refractivity (Wildman–Crippen MR) is 38.7 cm³/mol. The van der Waals surface area contributed by atoms with Crippen LogP contribution in [0.25, 0.3) is 0 Å². The Labute approximate surface area is 55.7 Å². The van der Waals surface area contributed by atoms with Crippen LogP contribution in [0.5, 0.6) is 0 Å². The van der Waals surface area contributed by atoms with Gasteiger partial charge in [0.25, 0.3) is 4.36 Å². The molecule has 0 aliphatic heterocycles. The van der Waals surface area contributed by atoms with Crippen molar-refractivity contribution in [1.29, 1.82) is 0 Å². The molecule has 0 aromatic heterocycles. The summed E-state index contributed by atoms with van der Waals surface area (Å²) in [7, 11) is 0. The number of halogens is 2. The van der Waals surface area contributed by atoms with Gasteiger partial charge in [0.05, 0.1) is 0 Å². The monoisotopic (exact) mass is 212 g/mol. The first-order chi connectivity index (χ1) is 2.77. The lowest BCUT2D eigenvalue weighted by Crippen LogP contribution is -1.84. The number of rotatable bonds is 2. The van der Waals surface area contributed by atoms with Gasteiger partial charge in [-0.3, -0.25) is 0 Å². The van der Waals surface area contributed by atoms with E-state index in [1.807, 2.05) is 0 Å². The van der Waals surface area contributed by atoms with Gasteiger partial charge in [0.15, 0.2) is 0 Å². The summed E-state index contributed by atoms with van der Waals surface area (Å²) in [5.74, 6) is 0. The fraction of sp³-hybridized carbons (Fsp3) is 1.00. The number of hydrogen-bond acceptors (Lipinski definition) is 0. The van der Waals surface area contributed by atoms with Gasteiger partial charge >= 0.3 is 0 Å². The molecule has 0 N–H and O–H groups in total. The van der Waals surface area contributed by atoms with Gasteiger partial charge in [-0.25, -0.2) is 0 Å². The standard InChI is InChI=1S/C3H7BBr2/c1-2-3-4(5)6/h2-3H2,1H3. The van der Waals surface area contributed by atoms with Crippen LogP contribution in [0.3, 0.4) is 0 Å². The zero-order valence-electron chi connectivity index (χ0n) is 3.75. The Morgan fingerprint density at radius 1 is 1.50 bits per heavy atom. The van der Waals surface area contributed by atoms with Crippen molar-refractivity contribution in [2.75, 3.05) is 0 Å². The van der Waals surface area contributed by atoms with Crippen molar-refractivity contribution in [2.24, 2.45) is 0 Å². The average molecular weight is 214 g/mol. The van der Waals surface area contributed by atoms with Crippen molar-refractivity contribution in [1.82, 2.24) is 0 Å². The molecule has 36 valence electrons. The lowest BCUT2D eigenvalue weighted by molar-refractivity contribution is 1.08. The summed E-state index contributed by atoms with van der Waals surface area (Å²) in [4.78, 5) is 0. The third-order valence-electron chi connectivity index (χ3n) is 0.507. The van der Waals surface area contributed by atoms with E-state index in [1.54, 1.807) is 0 Å². The van der Waals surface area contributed by atoms with Gasteiger partial charge in [-0.15, -0.1) is 31.5 Å². The molecular weight excluding hydrogens is 207 g/mol. The molecule has 0 saturated heterocycles. The molecule has 0 fully saturated rings. The Bertz CT molecular complexity index is 30.0. The van der Waals surface area contributed by atoms with E-state index in [4.69, 9.17) is 0 Å². The smallest absolute Gasteiger partial charge is 0.139 e. The van der Waals surface area contributed by atoms with Gasteiger partial charge in [0.2, 0.25) is 0 Å². The van der Waals surface area contributed by atoms with Gasteiger partial charge < -0.3 is 0 Å². The van der Waals surface area contributed by atoms with Crippen LogP contribution in [0.15, 0.2) is 0 Å². The van der Waals surface area contributed by atoms with Gasteiger partial charge in [-0.05, 0) is 0 Å². The van der Waals surface area contributed by atoms with Gasteiger partial charge in [0.1, 0.15) is 0 Å². The molecule has 0 aromatic carbocycles. The van der Waals surface area contributed by atoms with Crippen LogP contribution in [0.1, 0.15) is 13.3 Å². The fourth-order valence-electron chi connectivity index (χ4n) is 0.218. The van der Waals surface area contributed by atoms with E-state index in [9.17, 15) is 0 Å². The van der Waals surface area contributed by atoms with E-state index in [0.717, 1.165) is 0 Å². The maximum Gasteiger partial charge on any atom is 0.298 e. The van der Waals surface area contributed by atoms with E-state index in [0.29, 0.717) is 4.36 Å². The molecule has 0 aromatic rings. The first-order valence-electron chi connectivity index (χ1n) is 2.05.